The van der Waals surface area contributed by atoms with Crippen molar-refractivity contribution >= 4 is 29.2 Å². The number of benzene rings is 2. The van der Waals surface area contributed by atoms with Crippen LogP contribution in [0.2, 0.25) is 5.02 Å². The second-order valence-electron chi connectivity index (χ2n) is 6.03. The van der Waals surface area contributed by atoms with Crippen LogP contribution in [0.4, 0.5) is 45.2 Å². The maximum Gasteiger partial charge on any atom is 0.416 e. The van der Waals surface area contributed by atoms with Crippen molar-refractivity contribution in [1.29, 1.82) is 0 Å². The molecule has 2 aromatic carbocycles. The molecule has 33 heavy (non-hydrogen) atoms. The van der Waals surface area contributed by atoms with Crippen LogP contribution in [0, 0.1) is 0 Å². The summed E-state index contributed by atoms with van der Waals surface area (Å²) < 4.78 is 109. The zero-order valence-corrected chi connectivity index (χ0v) is 16.4. The van der Waals surface area contributed by atoms with E-state index in [-0.39, 0.29) is 11.1 Å². The van der Waals surface area contributed by atoms with Crippen molar-refractivity contribution in [1.82, 2.24) is 0 Å². The first-order valence-electron chi connectivity index (χ1n) is 8.18. The highest BCUT2D eigenvalue weighted by atomic mass is 35.5. The Morgan fingerprint density at radius 3 is 1.58 bits per heavy atom. The lowest BCUT2D eigenvalue weighted by molar-refractivity contribution is -0.138. The van der Waals surface area contributed by atoms with Gasteiger partial charge in [-0.05, 0) is 36.4 Å². The van der Waals surface area contributed by atoms with E-state index in [1.165, 1.54) is 0 Å². The van der Waals surface area contributed by atoms with Crippen LogP contribution in [0.25, 0.3) is 0 Å². The monoisotopic (exact) mass is 511 g/mol. The minimum Gasteiger partial charge on any atom is -0.478 e. The fraction of sp³-hybridized carbons (Fsp3) is 0.222. The minimum absolute atomic E-state index is 0.217. The van der Waals surface area contributed by atoms with Crippen molar-refractivity contribution in [3.8, 4) is 0 Å². The number of hydrogen-bond donors (Lipinski definition) is 3. The molecule has 3 N–H and O–H groups in total. The van der Waals surface area contributed by atoms with Crippen molar-refractivity contribution in [3.05, 3.63) is 63.7 Å². The van der Waals surface area contributed by atoms with Gasteiger partial charge in [-0.15, -0.1) is 0 Å². The van der Waals surface area contributed by atoms with Crippen LogP contribution in [0.1, 0.15) is 31.8 Å². The molecule has 2 rings (SSSR count). The molecule has 0 atom stereocenters. The van der Waals surface area contributed by atoms with Gasteiger partial charge in [0.1, 0.15) is 6.54 Å². The molecule has 15 heteroatoms. The van der Waals surface area contributed by atoms with E-state index in [1.54, 1.807) is 5.32 Å². The van der Waals surface area contributed by atoms with Gasteiger partial charge in [0.2, 0.25) is 0 Å². The Hall–Kier alpha value is -3.16. The number of carboxylic acid groups (broad SMARTS) is 2. The number of halogens is 10. The summed E-state index contributed by atoms with van der Waals surface area (Å²) in [6.45, 7) is -1.54. The first-order chi connectivity index (χ1) is 14.8. The Balaban J connectivity index is 0.000000346. The molecule has 0 saturated carbocycles. The molecule has 5 nitrogen and oxygen atoms in total. The Kier molecular flexibility index (Phi) is 8.61. The average Bonchev–Trinajstić information content (AvgIpc) is 2.64. The quantitative estimate of drug-likeness (QED) is 0.412. The lowest BCUT2D eigenvalue weighted by atomic mass is 10.1. The number of carbonyl (C=O) groups is 2. The van der Waals surface area contributed by atoms with Gasteiger partial charge < -0.3 is 15.5 Å². The second kappa shape index (κ2) is 10.2. The van der Waals surface area contributed by atoms with Crippen molar-refractivity contribution < 1.29 is 59.3 Å². The smallest absolute Gasteiger partial charge is 0.416 e. The van der Waals surface area contributed by atoms with E-state index >= 15 is 0 Å². The molecule has 0 aliphatic heterocycles. The van der Waals surface area contributed by atoms with E-state index < -0.39 is 65.0 Å². The van der Waals surface area contributed by atoms with Gasteiger partial charge in [-0.1, -0.05) is 11.6 Å². The number of alkyl halides is 9. The number of hydrogen-bond acceptors (Lipinski definition) is 3. The second-order valence-corrected chi connectivity index (χ2v) is 6.44. The third-order valence-electron chi connectivity index (χ3n) is 3.58. The Morgan fingerprint density at radius 2 is 1.18 bits per heavy atom. The molecular formula is C18H11ClF9NO4. The number of anilines is 1. The van der Waals surface area contributed by atoms with Crippen LogP contribution < -0.4 is 5.32 Å². The lowest BCUT2D eigenvalue weighted by Crippen LogP contribution is -2.22. The number of carboxylic acids is 2. The lowest BCUT2D eigenvalue weighted by Gasteiger charge is -2.14. The third kappa shape index (κ3) is 8.71. The Labute approximate surface area is 183 Å². The molecule has 0 aliphatic carbocycles. The summed E-state index contributed by atoms with van der Waals surface area (Å²) in [6.07, 6.45) is -13.9. The minimum atomic E-state index is -4.77. The topological polar surface area (TPSA) is 86.6 Å². The predicted octanol–water partition coefficient (Wildman–Crippen LogP) is 6.43. The van der Waals surface area contributed by atoms with Gasteiger partial charge >= 0.3 is 30.5 Å². The summed E-state index contributed by atoms with van der Waals surface area (Å²) >= 11 is 5.39. The molecule has 0 bridgehead atoms. The number of aromatic carboxylic acids is 2. The number of nitrogens with one attached hydrogen (secondary N) is 1. The standard InChI is InChI=1S/C10H7F6NO2.C8H4ClF3O2/c11-9(12,13)4-17-7-2-1-5(10(14,15)16)3-6(7)8(18)19;9-6-2-1-4(8(10,11)12)3-5(6)7(13)14/h1-3,17H,4H2,(H,18,19);1-3H,(H,13,14). The van der Waals surface area contributed by atoms with Gasteiger partial charge in [-0.3, -0.25) is 0 Å². The van der Waals surface area contributed by atoms with Gasteiger partial charge in [-0.25, -0.2) is 9.59 Å². The molecule has 0 radical (unpaired) electrons. The van der Waals surface area contributed by atoms with Crippen LogP contribution in [-0.2, 0) is 12.4 Å². The molecule has 0 aliphatic rings. The van der Waals surface area contributed by atoms with Crippen molar-refractivity contribution in [3.63, 3.8) is 0 Å². The summed E-state index contributed by atoms with van der Waals surface area (Å²) in [4.78, 5) is 21.2. The highest BCUT2D eigenvalue weighted by Gasteiger charge is 2.33. The first-order valence-corrected chi connectivity index (χ1v) is 8.56. The van der Waals surface area contributed by atoms with Gasteiger partial charge in [0, 0.05) is 5.69 Å². The molecule has 0 saturated heterocycles. The molecule has 0 spiro atoms. The highest BCUT2D eigenvalue weighted by Crippen LogP contribution is 2.33. The summed E-state index contributed by atoms with van der Waals surface area (Å²) in [7, 11) is 0. The molecule has 0 fully saturated rings. The summed E-state index contributed by atoms with van der Waals surface area (Å²) in [5.41, 5.74) is -4.24. The van der Waals surface area contributed by atoms with Crippen molar-refractivity contribution in [2.75, 3.05) is 11.9 Å². The van der Waals surface area contributed by atoms with Crippen molar-refractivity contribution in [2.24, 2.45) is 0 Å². The van der Waals surface area contributed by atoms with Crippen LogP contribution >= 0.6 is 11.6 Å². The average molecular weight is 512 g/mol. The van der Waals surface area contributed by atoms with E-state index in [0.717, 1.165) is 12.1 Å². The summed E-state index contributed by atoms with van der Waals surface area (Å²) in [5.74, 6) is -3.24. The van der Waals surface area contributed by atoms with E-state index in [1.807, 2.05) is 0 Å². The molecule has 0 amide bonds. The fourth-order valence-corrected chi connectivity index (χ4v) is 2.31. The maximum atomic E-state index is 12.3. The number of rotatable bonds is 4. The molecule has 0 unspecified atom stereocenters. The summed E-state index contributed by atoms with van der Waals surface area (Å²) in [6, 6.07) is 3.58. The van der Waals surface area contributed by atoms with E-state index in [4.69, 9.17) is 21.8 Å². The fourth-order valence-electron chi connectivity index (χ4n) is 2.11. The molecule has 2 aromatic rings. The summed E-state index contributed by atoms with van der Waals surface area (Å²) in [5, 5.41) is 18.7. The van der Waals surface area contributed by atoms with Crippen LogP contribution in [0.15, 0.2) is 36.4 Å². The molecule has 182 valence electrons. The molecular weight excluding hydrogens is 501 g/mol. The normalized spacial score (nSPS) is 11.9. The van der Waals surface area contributed by atoms with Crippen LogP contribution in [0.5, 0.6) is 0 Å². The zero-order chi connectivity index (χ0) is 25.8. The largest absolute Gasteiger partial charge is 0.478 e. The van der Waals surface area contributed by atoms with Crippen molar-refractivity contribution in [2.45, 2.75) is 18.5 Å². The molecule has 0 heterocycles. The van der Waals surface area contributed by atoms with E-state index in [0.29, 0.717) is 18.2 Å². The van der Waals surface area contributed by atoms with E-state index in [2.05, 4.69) is 0 Å². The highest BCUT2D eigenvalue weighted by molar-refractivity contribution is 6.33. The van der Waals surface area contributed by atoms with Crippen LogP contribution in [0.3, 0.4) is 0 Å². The Morgan fingerprint density at radius 1 is 0.758 bits per heavy atom. The van der Waals surface area contributed by atoms with Gasteiger partial charge in [0.15, 0.2) is 0 Å². The first kappa shape index (κ1) is 27.9. The van der Waals surface area contributed by atoms with E-state index in [9.17, 15) is 49.1 Å². The van der Waals surface area contributed by atoms with Crippen LogP contribution in [-0.4, -0.2) is 34.9 Å². The van der Waals surface area contributed by atoms with Gasteiger partial charge in [-0.2, -0.15) is 39.5 Å². The predicted molar refractivity (Wildman–Crippen MR) is 96.4 cm³/mol. The zero-order valence-electron chi connectivity index (χ0n) is 15.7. The maximum absolute atomic E-state index is 12.3. The third-order valence-corrected chi connectivity index (χ3v) is 3.91. The SMILES string of the molecule is O=C(O)c1cc(C(F)(F)F)ccc1Cl.O=C(O)c1cc(C(F)(F)F)ccc1NCC(F)(F)F. The van der Waals surface area contributed by atoms with Gasteiger partial charge in [0.05, 0.1) is 27.3 Å². The Bertz CT molecular complexity index is 1020. The van der Waals surface area contributed by atoms with Gasteiger partial charge in [0.25, 0.3) is 0 Å². The molecule has 0 aromatic heterocycles.